The molecule has 16 heavy (non-hydrogen) atoms. The Morgan fingerprint density at radius 1 is 1.69 bits per heavy atom. The Balaban J connectivity index is 2.08. The van der Waals surface area contributed by atoms with E-state index < -0.39 is 10.0 Å². The van der Waals surface area contributed by atoms with Gasteiger partial charge in [-0.05, 0) is 13.3 Å². The highest BCUT2D eigenvalue weighted by molar-refractivity contribution is 7.88. The molecular weight excluding hydrogens is 230 g/mol. The maximum absolute atomic E-state index is 11.9. The molecule has 1 atom stereocenters. The first-order chi connectivity index (χ1) is 7.47. The lowest BCUT2D eigenvalue weighted by atomic mass is 10.3. The molecule has 1 aliphatic rings. The van der Waals surface area contributed by atoms with Crippen molar-refractivity contribution in [2.75, 3.05) is 13.1 Å². The van der Waals surface area contributed by atoms with Gasteiger partial charge in [-0.15, -0.1) is 0 Å². The molecule has 0 aliphatic carbocycles. The topological polar surface area (TPSA) is 89.4 Å². The molecule has 0 aromatic carbocycles. The van der Waals surface area contributed by atoms with E-state index in [1.165, 1.54) is 4.31 Å². The molecule has 0 amide bonds. The second-order valence-corrected chi connectivity index (χ2v) is 6.06. The average Bonchev–Trinajstić information content (AvgIpc) is 2.75. The fraction of sp³-hybridized carbons (Fsp3) is 0.667. The van der Waals surface area contributed by atoms with E-state index in [0.29, 0.717) is 24.5 Å². The van der Waals surface area contributed by atoms with Crippen molar-refractivity contribution in [3.8, 4) is 0 Å². The van der Waals surface area contributed by atoms with Crippen molar-refractivity contribution in [3.63, 3.8) is 0 Å². The van der Waals surface area contributed by atoms with Crippen LogP contribution in [0.4, 0.5) is 0 Å². The van der Waals surface area contributed by atoms with Crippen LogP contribution in [0.25, 0.3) is 0 Å². The van der Waals surface area contributed by atoms with Gasteiger partial charge in [0.2, 0.25) is 10.0 Å². The van der Waals surface area contributed by atoms with Gasteiger partial charge >= 0.3 is 0 Å². The van der Waals surface area contributed by atoms with Crippen LogP contribution in [-0.4, -0.2) is 37.0 Å². The highest BCUT2D eigenvalue weighted by Gasteiger charge is 2.30. The van der Waals surface area contributed by atoms with Crippen molar-refractivity contribution in [2.24, 2.45) is 5.73 Å². The SMILES string of the molecule is Cc1cc(CS(=O)(=O)N2CC[C@H](N)C2)no1. The van der Waals surface area contributed by atoms with Crippen LogP contribution >= 0.6 is 0 Å². The lowest BCUT2D eigenvalue weighted by Gasteiger charge is -2.14. The highest BCUT2D eigenvalue weighted by Crippen LogP contribution is 2.16. The van der Waals surface area contributed by atoms with E-state index in [-0.39, 0.29) is 11.8 Å². The Hall–Kier alpha value is -0.920. The molecule has 90 valence electrons. The first kappa shape index (κ1) is 11.6. The third kappa shape index (κ3) is 2.42. The van der Waals surface area contributed by atoms with Crippen LogP contribution in [0.5, 0.6) is 0 Å². The van der Waals surface area contributed by atoms with Gasteiger partial charge < -0.3 is 10.3 Å². The lowest BCUT2D eigenvalue weighted by Crippen LogP contribution is -2.32. The van der Waals surface area contributed by atoms with Crippen molar-refractivity contribution in [2.45, 2.75) is 25.1 Å². The van der Waals surface area contributed by atoms with E-state index in [0.717, 1.165) is 6.42 Å². The Bertz CT molecular complexity index is 468. The van der Waals surface area contributed by atoms with E-state index in [2.05, 4.69) is 5.16 Å². The number of hydrogen-bond donors (Lipinski definition) is 1. The van der Waals surface area contributed by atoms with Crippen LogP contribution in [0.3, 0.4) is 0 Å². The normalized spacial score (nSPS) is 22.8. The molecule has 1 aromatic rings. The van der Waals surface area contributed by atoms with Crippen molar-refractivity contribution in [3.05, 3.63) is 17.5 Å². The summed E-state index contributed by atoms with van der Waals surface area (Å²) in [6.45, 7) is 2.63. The number of nitrogens with two attached hydrogens (primary N) is 1. The van der Waals surface area contributed by atoms with E-state index >= 15 is 0 Å². The first-order valence-corrected chi connectivity index (χ1v) is 6.74. The van der Waals surface area contributed by atoms with Crippen LogP contribution in [0.1, 0.15) is 17.9 Å². The van der Waals surface area contributed by atoms with Crippen LogP contribution in [-0.2, 0) is 15.8 Å². The van der Waals surface area contributed by atoms with Gasteiger partial charge in [-0.3, -0.25) is 0 Å². The second kappa shape index (κ2) is 4.15. The summed E-state index contributed by atoms with van der Waals surface area (Å²) in [5.74, 6) is 0.500. The zero-order chi connectivity index (χ0) is 11.8. The molecule has 0 saturated carbocycles. The fourth-order valence-electron chi connectivity index (χ4n) is 1.77. The molecule has 0 unspecified atom stereocenters. The van der Waals surface area contributed by atoms with Crippen molar-refractivity contribution < 1.29 is 12.9 Å². The maximum atomic E-state index is 11.9. The molecule has 0 radical (unpaired) electrons. The minimum atomic E-state index is -3.30. The summed E-state index contributed by atoms with van der Waals surface area (Å²) in [6.07, 6.45) is 0.719. The first-order valence-electron chi connectivity index (χ1n) is 5.13. The summed E-state index contributed by atoms with van der Waals surface area (Å²) in [7, 11) is -3.30. The predicted octanol–water partition coefficient (Wildman–Crippen LogP) is -0.154. The number of hydrogen-bond acceptors (Lipinski definition) is 5. The molecule has 2 heterocycles. The maximum Gasteiger partial charge on any atom is 0.220 e. The van der Waals surface area contributed by atoms with Gasteiger partial charge in [0.25, 0.3) is 0 Å². The third-order valence-electron chi connectivity index (χ3n) is 2.59. The second-order valence-electron chi connectivity index (χ2n) is 4.09. The fourth-order valence-corrected chi connectivity index (χ4v) is 3.27. The van der Waals surface area contributed by atoms with E-state index in [4.69, 9.17) is 10.3 Å². The predicted molar refractivity (Wildman–Crippen MR) is 58.0 cm³/mol. The third-order valence-corrected chi connectivity index (χ3v) is 4.37. The van der Waals surface area contributed by atoms with Crippen molar-refractivity contribution in [1.82, 2.24) is 9.46 Å². The van der Waals surface area contributed by atoms with Crippen LogP contribution in [0.15, 0.2) is 10.6 Å². The minimum absolute atomic E-state index is 0.0474. The number of aromatic nitrogens is 1. The Morgan fingerprint density at radius 2 is 2.44 bits per heavy atom. The smallest absolute Gasteiger partial charge is 0.220 e. The van der Waals surface area contributed by atoms with Gasteiger partial charge in [0.1, 0.15) is 17.2 Å². The monoisotopic (exact) mass is 245 g/mol. The van der Waals surface area contributed by atoms with Crippen molar-refractivity contribution in [1.29, 1.82) is 0 Å². The van der Waals surface area contributed by atoms with Gasteiger partial charge in [-0.2, -0.15) is 4.31 Å². The molecule has 2 N–H and O–H groups in total. The summed E-state index contributed by atoms with van der Waals surface area (Å²) in [5.41, 5.74) is 6.12. The average molecular weight is 245 g/mol. The largest absolute Gasteiger partial charge is 0.361 e. The molecule has 1 saturated heterocycles. The number of rotatable bonds is 3. The number of sulfonamides is 1. The molecule has 0 spiro atoms. The van der Waals surface area contributed by atoms with Gasteiger partial charge in [-0.1, -0.05) is 5.16 Å². The molecular formula is C9H15N3O3S. The van der Waals surface area contributed by atoms with Crippen LogP contribution < -0.4 is 5.73 Å². The number of nitrogens with zero attached hydrogens (tertiary/aromatic N) is 2. The quantitative estimate of drug-likeness (QED) is 0.799. The lowest BCUT2D eigenvalue weighted by molar-refractivity contribution is 0.391. The van der Waals surface area contributed by atoms with Crippen LogP contribution in [0, 0.1) is 6.92 Å². The van der Waals surface area contributed by atoms with Gasteiger partial charge in [0.05, 0.1) is 0 Å². The minimum Gasteiger partial charge on any atom is -0.361 e. The zero-order valence-electron chi connectivity index (χ0n) is 9.09. The van der Waals surface area contributed by atoms with Crippen molar-refractivity contribution >= 4 is 10.0 Å². The molecule has 1 aromatic heterocycles. The van der Waals surface area contributed by atoms with Crippen LogP contribution in [0.2, 0.25) is 0 Å². The molecule has 0 bridgehead atoms. The summed E-state index contributed by atoms with van der Waals surface area (Å²) >= 11 is 0. The summed E-state index contributed by atoms with van der Waals surface area (Å²) in [6, 6.07) is 1.59. The molecule has 2 rings (SSSR count). The summed E-state index contributed by atoms with van der Waals surface area (Å²) in [4.78, 5) is 0. The van der Waals surface area contributed by atoms with E-state index in [9.17, 15) is 8.42 Å². The Morgan fingerprint density at radius 3 is 2.94 bits per heavy atom. The van der Waals surface area contributed by atoms with Gasteiger partial charge in [0.15, 0.2) is 0 Å². The van der Waals surface area contributed by atoms with Gasteiger partial charge in [0, 0.05) is 25.2 Å². The summed E-state index contributed by atoms with van der Waals surface area (Å²) in [5, 5.41) is 3.68. The molecule has 7 heteroatoms. The molecule has 1 aliphatic heterocycles. The van der Waals surface area contributed by atoms with E-state index in [1.54, 1.807) is 13.0 Å². The van der Waals surface area contributed by atoms with E-state index in [1.807, 2.05) is 0 Å². The molecule has 1 fully saturated rings. The molecule has 6 nitrogen and oxygen atoms in total. The zero-order valence-corrected chi connectivity index (χ0v) is 9.90. The summed E-state index contributed by atoms with van der Waals surface area (Å²) < 4.78 is 30.1. The number of aryl methyl sites for hydroxylation is 1. The standard InChI is InChI=1S/C9H15N3O3S/c1-7-4-9(11-15-7)6-16(13,14)12-3-2-8(10)5-12/h4,8H,2-3,5-6,10H2,1H3/t8-/m0/s1. The Kier molecular flexibility index (Phi) is 3.00. The Labute approximate surface area is 94.4 Å². The van der Waals surface area contributed by atoms with Gasteiger partial charge in [-0.25, -0.2) is 8.42 Å². The highest BCUT2D eigenvalue weighted by atomic mass is 32.2.